The average molecular weight is 627 g/mol. The molecule has 10 nitrogen and oxygen atoms in total. The first-order chi connectivity index (χ1) is 21.8. The van der Waals surface area contributed by atoms with Crippen molar-refractivity contribution in [2.45, 2.75) is 19.3 Å². The van der Waals surface area contributed by atoms with Gasteiger partial charge in [0.1, 0.15) is 11.5 Å². The van der Waals surface area contributed by atoms with Crippen molar-refractivity contribution in [1.82, 2.24) is 14.9 Å². The lowest BCUT2D eigenvalue weighted by molar-refractivity contribution is -0.120. The number of aromatic amines is 1. The molecule has 0 saturated carbocycles. The van der Waals surface area contributed by atoms with Crippen LogP contribution in [0.4, 0.5) is 5.69 Å². The molecule has 45 heavy (non-hydrogen) atoms. The summed E-state index contributed by atoms with van der Waals surface area (Å²) in [6, 6.07) is 24.5. The summed E-state index contributed by atoms with van der Waals surface area (Å²) in [5.74, 6) is 0.185. The van der Waals surface area contributed by atoms with E-state index >= 15 is 0 Å². The minimum atomic E-state index is -0.627. The molecule has 0 radical (unpaired) electrons. The lowest BCUT2D eigenvalue weighted by Gasteiger charge is -2.14. The lowest BCUT2D eigenvalue weighted by Crippen LogP contribution is -2.34. The second-order valence-corrected chi connectivity index (χ2v) is 10.7. The second-order valence-electron chi connectivity index (χ2n) is 10.3. The van der Waals surface area contributed by atoms with Crippen molar-refractivity contribution in [2.24, 2.45) is 0 Å². The third-order valence-corrected chi connectivity index (χ3v) is 7.54. The Bertz CT molecular complexity index is 1970. The molecule has 0 saturated heterocycles. The number of halogens is 1. The van der Waals surface area contributed by atoms with E-state index in [0.717, 1.165) is 22.1 Å². The lowest BCUT2D eigenvalue weighted by atomic mass is 10.1. The number of nitrogens with zero attached hydrogens (tertiary/aromatic N) is 1. The molecule has 2 amide bonds. The zero-order chi connectivity index (χ0) is 31.9. The van der Waals surface area contributed by atoms with Crippen LogP contribution in [0.15, 0.2) is 94.5 Å². The molecular weight excluding hydrogens is 596 g/mol. The molecule has 5 aromatic rings. The second kappa shape index (κ2) is 14.0. The van der Waals surface area contributed by atoms with Gasteiger partial charge in [-0.15, -0.1) is 0 Å². The Hall–Kier alpha value is -5.35. The molecule has 0 fully saturated rings. The SMILES string of the molecule is COc1cc(OC)c(NC(=O)Cc2cccc3[nH]c(=O)n(-c4ccc(CC(=O)NCCc5ccccc5)cc4)c(=O)c23)cc1Cl. The summed E-state index contributed by atoms with van der Waals surface area (Å²) in [4.78, 5) is 55.0. The zero-order valence-corrected chi connectivity index (χ0v) is 25.4. The predicted molar refractivity (Wildman–Crippen MR) is 174 cm³/mol. The molecule has 0 atom stereocenters. The number of carbonyl (C=O) groups is 2. The van der Waals surface area contributed by atoms with E-state index in [4.69, 9.17) is 21.1 Å². The first-order valence-corrected chi connectivity index (χ1v) is 14.5. The molecule has 0 aliphatic rings. The number of hydrogen-bond acceptors (Lipinski definition) is 6. The normalized spacial score (nSPS) is 10.8. The van der Waals surface area contributed by atoms with Crippen LogP contribution in [0, 0.1) is 0 Å². The number of fused-ring (bicyclic) bond motifs is 1. The van der Waals surface area contributed by atoms with Crippen LogP contribution < -0.4 is 31.4 Å². The fourth-order valence-corrected chi connectivity index (χ4v) is 5.28. The smallest absolute Gasteiger partial charge is 0.333 e. The van der Waals surface area contributed by atoms with Crippen LogP contribution in [0.25, 0.3) is 16.6 Å². The summed E-state index contributed by atoms with van der Waals surface area (Å²) < 4.78 is 11.6. The summed E-state index contributed by atoms with van der Waals surface area (Å²) in [6.45, 7) is 0.518. The molecule has 0 aliphatic heterocycles. The molecule has 11 heteroatoms. The summed E-state index contributed by atoms with van der Waals surface area (Å²) in [6.07, 6.45) is 0.720. The van der Waals surface area contributed by atoms with E-state index < -0.39 is 17.2 Å². The van der Waals surface area contributed by atoms with Crippen LogP contribution in [0.3, 0.4) is 0 Å². The van der Waals surface area contributed by atoms with Crippen molar-refractivity contribution in [2.75, 3.05) is 26.1 Å². The van der Waals surface area contributed by atoms with E-state index in [1.54, 1.807) is 48.5 Å². The Morgan fingerprint density at radius 3 is 2.27 bits per heavy atom. The van der Waals surface area contributed by atoms with Crippen LogP contribution in [0.5, 0.6) is 11.5 Å². The standard InChI is InChI=1S/C34H31ClN4O6/c1-44-28-20-29(45-2)27(19-25(28)35)37-31(41)18-23-9-6-10-26-32(23)33(42)39(34(43)38-26)24-13-11-22(12-14-24)17-30(40)36-16-15-21-7-4-3-5-8-21/h3-14,19-20H,15-18H2,1-2H3,(H,36,40)(H,37,41)(H,38,43). The maximum atomic E-state index is 13.7. The fourth-order valence-electron chi connectivity index (χ4n) is 5.04. The number of benzene rings is 4. The number of H-pyrrole nitrogens is 1. The Balaban J connectivity index is 1.33. The Morgan fingerprint density at radius 2 is 1.56 bits per heavy atom. The van der Waals surface area contributed by atoms with Crippen LogP contribution in [-0.4, -0.2) is 42.1 Å². The number of aromatic nitrogens is 2. The fraction of sp³-hybridized carbons (Fsp3) is 0.176. The van der Waals surface area contributed by atoms with Crippen molar-refractivity contribution in [3.8, 4) is 17.2 Å². The number of hydrogen-bond donors (Lipinski definition) is 3. The number of carbonyl (C=O) groups excluding carboxylic acids is 2. The molecule has 0 bridgehead atoms. The molecular formula is C34H31ClN4O6. The zero-order valence-electron chi connectivity index (χ0n) is 24.7. The Morgan fingerprint density at radius 1 is 0.822 bits per heavy atom. The molecule has 4 aromatic carbocycles. The number of nitrogens with one attached hydrogen (secondary N) is 3. The van der Waals surface area contributed by atoms with Gasteiger partial charge in [-0.25, -0.2) is 9.36 Å². The third kappa shape index (κ3) is 7.25. The number of methoxy groups -OCH3 is 2. The van der Waals surface area contributed by atoms with E-state index in [9.17, 15) is 19.2 Å². The highest BCUT2D eigenvalue weighted by molar-refractivity contribution is 6.32. The van der Waals surface area contributed by atoms with Gasteiger partial charge in [0.15, 0.2) is 0 Å². The van der Waals surface area contributed by atoms with Gasteiger partial charge >= 0.3 is 5.69 Å². The first-order valence-electron chi connectivity index (χ1n) is 14.2. The highest BCUT2D eigenvalue weighted by atomic mass is 35.5. The Labute approximate surface area is 263 Å². The summed E-state index contributed by atoms with van der Waals surface area (Å²) in [5.41, 5.74) is 2.05. The van der Waals surface area contributed by atoms with Gasteiger partial charge in [0, 0.05) is 12.6 Å². The van der Waals surface area contributed by atoms with Crippen LogP contribution in [0.2, 0.25) is 5.02 Å². The van der Waals surface area contributed by atoms with Gasteiger partial charge in [0.05, 0.1) is 54.4 Å². The summed E-state index contributed by atoms with van der Waals surface area (Å²) in [5, 5.41) is 6.17. The van der Waals surface area contributed by atoms with Crippen LogP contribution >= 0.6 is 11.6 Å². The molecule has 0 unspecified atom stereocenters. The average Bonchev–Trinajstić information content (AvgIpc) is 3.02. The number of anilines is 1. The Kier molecular flexibility index (Phi) is 9.64. The maximum absolute atomic E-state index is 13.7. The van der Waals surface area contributed by atoms with Gasteiger partial charge in [-0.3, -0.25) is 14.4 Å². The van der Waals surface area contributed by atoms with Crippen molar-refractivity contribution >= 4 is 40.0 Å². The topological polar surface area (TPSA) is 132 Å². The molecule has 230 valence electrons. The molecule has 1 heterocycles. The largest absolute Gasteiger partial charge is 0.495 e. The van der Waals surface area contributed by atoms with E-state index in [2.05, 4.69) is 15.6 Å². The first kappa shape index (κ1) is 31.1. The highest BCUT2D eigenvalue weighted by Gasteiger charge is 2.17. The molecule has 1 aromatic heterocycles. The van der Waals surface area contributed by atoms with Gasteiger partial charge in [0.2, 0.25) is 11.8 Å². The number of rotatable bonds is 11. The maximum Gasteiger partial charge on any atom is 0.333 e. The van der Waals surface area contributed by atoms with Crippen LogP contribution in [0.1, 0.15) is 16.7 Å². The van der Waals surface area contributed by atoms with Crippen molar-refractivity contribution in [1.29, 1.82) is 0 Å². The number of amides is 2. The van der Waals surface area contributed by atoms with E-state index in [-0.39, 0.29) is 29.2 Å². The third-order valence-electron chi connectivity index (χ3n) is 7.25. The minimum Gasteiger partial charge on any atom is -0.495 e. The quantitative estimate of drug-likeness (QED) is 0.199. The monoisotopic (exact) mass is 626 g/mol. The van der Waals surface area contributed by atoms with Crippen molar-refractivity contribution < 1.29 is 19.1 Å². The van der Waals surface area contributed by atoms with Crippen molar-refractivity contribution in [3.63, 3.8) is 0 Å². The molecule has 3 N–H and O–H groups in total. The predicted octanol–water partition coefficient (Wildman–Crippen LogP) is 4.43. The molecule has 0 spiro atoms. The van der Waals surface area contributed by atoms with Gasteiger partial charge in [-0.05, 0) is 47.4 Å². The molecule has 0 aliphatic carbocycles. The summed E-state index contributed by atoms with van der Waals surface area (Å²) in [7, 11) is 2.93. The van der Waals surface area contributed by atoms with Gasteiger partial charge in [0.25, 0.3) is 5.56 Å². The summed E-state index contributed by atoms with van der Waals surface area (Å²) >= 11 is 6.24. The minimum absolute atomic E-state index is 0.128. The highest BCUT2D eigenvalue weighted by Crippen LogP contribution is 2.36. The van der Waals surface area contributed by atoms with Gasteiger partial charge in [-0.1, -0.05) is 66.2 Å². The number of ether oxygens (including phenoxy) is 2. The van der Waals surface area contributed by atoms with E-state index in [1.807, 2.05) is 30.3 Å². The molecule has 5 rings (SSSR count). The van der Waals surface area contributed by atoms with E-state index in [0.29, 0.717) is 40.5 Å². The van der Waals surface area contributed by atoms with Gasteiger partial charge in [-0.2, -0.15) is 0 Å². The van der Waals surface area contributed by atoms with Crippen LogP contribution in [-0.2, 0) is 28.9 Å². The van der Waals surface area contributed by atoms with E-state index in [1.165, 1.54) is 20.3 Å². The van der Waals surface area contributed by atoms with Gasteiger partial charge < -0.3 is 25.1 Å². The van der Waals surface area contributed by atoms with Crippen molar-refractivity contribution in [3.05, 3.63) is 127 Å².